The number of hydrogen-bond donors (Lipinski definition) is 1. The number of aromatic nitrogens is 2. The number of nitrogens with one attached hydrogen (secondary N) is 1. The summed E-state index contributed by atoms with van der Waals surface area (Å²) in [4.78, 5) is 33.4. The van der Waals surface area contributed by atoms with E-state index in [1.807, 2.05) is 35.8 Å². The summed E-state index contributed by atoms with van der Waals surface area (Å²) in [5, 5.41) is 3.29. The van der Waals surface area contributed by atoms with Crippen LogP contribution < -0.4 is 5.32 Å². The molecule has 0 bridgehead atoms. The lowest BCUT2D eigenvalue weighted by molar-refractivity contribution is -0.134. The van der Waals surface area contributed by atoms with Crippen LogP contribution >= 0.6 is 0 Å². The molecule has 1 N–H and O–H groups in total. The SMILES string of the molecule is COCCCN1C(=O)c2nc3ccccc3n2C[C@]1(C)C(=O)N[C@H]1CCCC[C@H]1C. The monoisotopic (exact) mass is 412 g/mol. The smallest absolute Gasteiger partial charge is 0.290 e. The fourth-order valence-corrected chi connectivity index (χ4v) is 4.90. The molecule has 1 fully saturated rings. The summed E-state index contributed by atoms with van der Waals surface area (Å²) in [7, 11) is 1.65. The zero-order valence-corrected chi connectivity index (χ0v) is 18.2. The lowest BCUT2D eigenvalue weighted by Gasteiger charge is -2.44. The topological polar surface area (TPSA) is 76.5 Å². The van der Waals surface area contributed by atoms with E-state index in [4.69, 9.17) is 4.74 Å². The number of carbonyl (C=O) groups excluding carboxylic acids is 2. The van der Waals surface area contributed by atoms with Gasteiger partial charge in [0.15, 0.2) is 5.82 Å². The van der Waals surface area contributed by atoms with E-state index in [9.17, 15) is 9.59 Å². The van der Waals surface area contributed by atoms with Gasteiger partial charge in [0.1, 0.15) is 5.54 Å². The molecule has 2 amide bonds. The molecule has 1 aromatic carbocycles. The van der Waals surface area contributed by atoms with Crippen molar-refractivity contribution >= 4 is 22.8 Å². The maximum atomic E-state index is 13.6. The van der Waals surface area contributed by atoms with Crippen molar-refractivity contribution in [2.75, 3.05) is 20.3 Å². The fourth-order valence-electron chi connectivity index (χ4n) is 4.90. The lowest BCUT2D eigenvalue weighted by Crippen LogP contribution is -2.65. The Morgan fingerprint density at radius 2 is 2.07 bits per heavy atom. The quantitative estimate of drug-likeness (QED) is 0.740. The third-order valence-electron chi connectivity index (χ3n) is 6.80. The predicted octanol–water partition coefficient (Wildman–Crippen LogP) is 2.98. The highest BCUT2D eigenvalue weighted by Crippen LogP contribution is 2.32. The molecule has 162 valence electrons. The van der Waals surface area contributed by atoms with Crippen LogP contribution in [0.25, 0.3) is 11.0 Å². The van der Waals surface area contributed by atoms with Crippen molar-refractivity contribution in [1.29, 1.82) is 0 Å². The Balaban J connectivity index is 1.68. The first kappa shape index (κ1) is 20.8. The maximum Gasteiger partial charge on any atom is 0.290 e. The molecule has 2 heterocycles. The minimum atomic E-state index is -0.974. The average molecular weight is 413 g/mol. The Kier molecular flexibility index (Phi) is 5.82. The molecule has 1 aromatic heterocycles. The molecule has 7 heteroatoms. The van der Waals surface area contributed by atoms with Crippen molar-refractivity contribution < 1.29 is 14.3 Å². The standard InChI is InChI=1S/C23H32N4O3/c1-16-9-4-5-10-17(16)25-22(29)23(2)15-26-19-12-7-6-11-18(19)24-20(26)21(28)27(23)13-8-14-30-3/h6-7,11-12,16-17H,4-5,8-10,13-15H2,1-3H3,(H,25,29)/t16-,17+,23-/m1/s1. The molecule has 0 radical (unpaired) electrons. The number of para-hydroxylation sites is 2. The average Bonchev–Trinajstić information content (AvgIpc) is 3.11. The largest absolute Gasteiger partial charge is 0.385 e. The van der Waals surface area contributed by atoms with Gasteiger partial charge in [-0.15, -0.1) is 0 Å². The molecule has 0 saturated heterocycles. The van der Waals surface area contributed by atoms with Crippen molar-refractivity contribution in [2.24, 2.45) is 5.92 Å². The molecule has 0 spiro atoms. The Labute approximate surface area is 177 Å². The Morgan fingerprint density at radius 1 is 1.30 bits per heavy atom. The summed E-state index contributed by atoms with van der Waals surface area (Å²) in [5.74, 6) is 0.598. The number of ether oxygens (including phenoxy) is 1. The van der Waals surface area contributed by atoms with Gasteiger partial charge in [-0.1, -0.05) is 31.9 Å². The van der Waals surface area contributed by atoms with E-state index in [2.05, 4.69) is 17.2 Å². The van der Waals surface area contributed by atoms with Crippen molar-refractivity contribution in [2.45, 2.75) is 64.1 Å². The van der Waals surface area contributed by atoms with Gasteiger partial charge in [0, 0.05) is 26.3 Å². The lowest BCUT2D eigenvalue weighted by atomic mass is 9.85. The fraction of sp³-hybridized carbons (Fsp3) is 0.609. The highest BCUT2D eigenvalue weighted by atomic mass is 16.5. The summed E-state index contributed by atoms with van der Waals surface area (Å²) in [5.41, 5.74) is 0.698. The summed E-state index contributed by atoms with van der Waals surface area (Å²) in [6, 6.07) is 7.89. The van der Waals surface area contributed by atoms with Gasteiger partial charge in [-0.05, 0) is 44.2 Å². The number of hydrogen-bond acceptors (Lipinski definition) is 4. The summed E-state index contributed by atoms with van der Waals surface area (Å²) >= 11 is 0. The Hall–Kier alpha value is -2.41. The van der Waals surface area contributed by atoms with Crippen molar-refractivity contribution in [1.82, 2.24) is 19.8 Å². The second kappa shape index (κ2) is 8.38. The molecule has 1 saturated carbocycles. The Bertz CT molecular complexity index is 940. The van der Waals surface area contributed by atoms with Crippen molar-refractivity contribution in [3.05, 3.63) is 30.1 Å². The number of nitrogens with zero attached hydrogens (tertiary/aromatic N) is 3. The zero-order chi connectivity index (χ0) is 21.3. The number of amides is 2. The summed E-state index contributed by atoms with van der Waals surface area (Å²) in [6.45, 7) is 5.49. The first-order chi connectivity index (χ1) is 14.5. The molecular formula is C23H32N4O3. The third-order valence-corrected chi connectivity index (χ3v) is 6.80. The zero-order valence-electron chi connectivity index (χ0n) is 18.2. The van der Waals surface area contributed by atoms with Crippen LogP contribution in [0.4, 0.5) is 0 Å². The highest BCUT2D eigenvalue weighted by Gasteiger charge is 2.48. The molecule has 7 nitrogen and oxygen atoms in total. The van der Waals surface area contributed by atoms with Gasteiger partial charge in [0.05, 0.1) is 17.6 Å². The predicted molar refractivity (Wildman–Crippen MR) is 115 cm³/mol. The van der Waals surface area contributed by atoms with Crippen LogP contribution in [0.15, 0.2) is 24.3 Å². The molecular weight excluding hydrogens is 380 g/mol. The van der Waals surface area contributed by atoms with E-state index < -0.39 is 5.54 Å². The van der Waals surface area contributed by atoms with Crippen molar-refractivity contribution in [3.8, 4) is 0 Å². The number of fused-ring (bicyclic) bond motifs is 3. The first-order valence-corrected chi connectivity index (χ1v) is 11.0. The highest BCUT2D eigenvalue weighted by molar-refractivity contribution is 6.01. The van der Waals surface area contributed by atoms with Gasteiger partial charge < -0.3 is 19.5 Å². The molecule has 3 atom stereocenters. The number of methoxy groups -OCH3 is 1. The van der Waals surface area contributed by atoms with Crippen molar-refractivity contribution in [3.63, 3.8) is 0 Å². The molecule has 2 aliphatic rings. The molecule has 4 rings (SSSR count). The van der Waals surface area contributed by atoms with Gasteiger partial charge >= 0.3 is 0 Å². The molecule has 1 aliphatic carbocycles. The van der Waals surface area contributed by atoms with Crippen LogP contribution in [0.3, 0.4) is 0 Å². The van der Waals surface area contributed by atoms with E-state index in [-0.39, 0.29) is 17.9 Å². The van der Waals surface area contributed by atoms with E-state index in [0.29, 0.717) is 37.9 Å². The number of rotatable bonds is 6. The maximum absolute atomic E-state index is 13.6. The number of benzene rings is 1. The molecule has 0 unspecified atom stereocenters. The van der Waals surface area contributed by atoms with Crippen LogP contribution in [0.2, 0.25) is 0 Å². The Morgan fingerprint density at radius 3 is 2.83 bits per heavy atom. The van der Waals surface area contributed by atoms with E-state index >= 15 is 0 Å². The second-order valence-corrected chi connectivity index (χ2v) is 8.93. The van der Waals surface area contributed by atoms with Gasteiger partial charge in [0.2, 0.25) is 5.91 Å². The molecule has 2 aromatic rings. The molecule has 1 aliphatic heterocycles. The van der Waals surface area contributed by atoms with E-state index in [1.165, 1.54) is 6.42 Å². The van der Waals surface area contributed by atoms with E-state index in [1.54, 1.807) is 12.0 Å². The van der Waals surface area contributed by atoms with Crippen LogP contribution in [-0.4, -0.2) is 58.1 Å². The summed E-state index contributed by atoms with van der Waals surface area (Å²) < 4.78 is 7.10. The second-order valence-electron chi connectivity index (χ2n) is 8.93. The number of carbonyl (C=O) groups is 2. The third kappa shape index (κ3) is 3.60. The van der Waals surface area contributed by atoms with Crippen LogP contribution in [0.1, 0.15) is 56.6 Å². The van der Waals surface area contributed by atoms with Crippen LogP contribution in [0.5, 0.6) is 0 Å². The minimum absolute atomic E-state index is 0.0737. The van der Waals surface area contributed by atoms with E-state index in [0.717, 1.165) is 30.3 Å². The van der Waals surface area contributed by atoms with Gasteiger partial charge in [-0.25, -0.2) is 4.98 Å². The summed E-state index contributed by atoms with van der Waals surface area (Å²) in [6.07, 6.45) is 5.16. The normalized spacial score (nSPS) is 26.6. The minimum Gasteiger partial charge on any atom is -0.385 e. The van der Waals surface area contributed by atoms with Gasteiger partial charge in [0.25, 0.3) is 5.91 Å². The first-order valence-electron chi connectivity index (χ1n) is 11.0. The van der Waals surface area contributed by atoms with Gasteiger partial charge in [-0.3, -0.25) is 9.59 Å². The molecule has 30 heavy (non-hydrogen) atoms. The van der Waals surface area contributed by atoms with Crippen LogP contribution in [0, 0.1) is 5.92 Å². The van der Waals surface area contributed by atoms with Crippen LogP contribution in [-0.2, 0) is 16.1 Å². The van der Waals surface area contributed by atoms with Gasteiger partial charge in [-0.2, -0.15) is 0 Å². The number of imidazole rings is 1.